The number of nitrogens with two attached hydrogens (primary N) is 1. The largest absolute Gasteiger partial charge is 0.444 e. The fraction of sp³-hybridized carbons (Fsp3) is 0.607. The first kappa shape index (κ1) is 25.6. The Balaban J connectivity index is 1.35. The Hall–Kier alpha value is -3.07. The molecular formula is C28H39N5O4. The first-order valence-corrected chi connectivity index (χ1v) is 13.2. The normalized spacial score (nSPS) is 24.2. The topological polar surface area (TPSA) is 112 Å². The minimum Gasteiger partial charge on any atom is -0.444 e. The zero-order valence-electron chi connectivity index (χ0n) is 22.5. The molecule has 1 amide bonds. The summed E-state index contributed by atoms with van der Waals surface area (Å²) < 4.78 is 13.2. The summed E-state index contributed by atoms with van der Waals surface area (Å²) in [6.45, 7) is 9.51. The number of hydrogen-bond acceptors (Lipinski definition) is 7. The third-order valence-corrected chi connectivity index (χ3v) is 8.33. The van der Waals surface area contributed by atoms with Crippen LogP contribution in [0.25, 0.3) is 0 Å². The lowest BCUT2D eigenvalue weighted by Gasteiger charge is -2.43. The third kappa shape index (κ3) is 4.58. The van der Waals surface area contributed by atoms with Gasteiger partial charge in [0.25, 0.3) is 5.56 Å². The van der Waals surface area contributed by atoms with Gasteiger partial charge in [-0.3, -0.25) is 9.36 Å². The molecule has 1 aromatic carbocycles. The third-order valence-electron chi connectivity index (χ3n) is 8.33. The lowest BCUT2D eigenvalue weighted by molar-refractivity contribution is 0.0434. The molecule has 2 atom stereocenters. The van der Waals surface area contributed by atoms with Crippen molar-refractivity contribution in [3.05, 3.63) is 51.8 Å². The molecule has 2 aliphatic heterocycles. The minimum absolute atomic E-state index is 0.0774. The number of rotatable bonds is 4. The van der Waals surface area contributed by atoms with E-state index in [0.29, 0.717) is 37.0 Å². The molecule has 0 unspecified atom stereocenters. The summed E-state index contributed by atoms with van der Waals surface area (Å²) in [5, 5.41) is 3.08. The Morgan fingerprint density at radius 3 is 2.41 bits per heavy atom. The molecule has 3 N–H and O–H groups in total. The van der Waals surface area contributed by atoms with Gasteiger partial charge in [0.15, 0.2) is 0 Å². The number of nitrogens with zero attached hydrogens (tertiary/aromatic N) is 3. The molecule has 1 aliphatic carbocycles. The number of amides is 1. The standard InChI is InChI=1S/C28H39N5O4/c1-18-21(30-25(35)37-26(2,3)4)27(17-36-18)13-15-33(16-14-27)24-31-22(29)20(23(34)32(24)5)28(11-12-28)19-9-7-6-8-10-19/h6-10,18,21H,11-17,29H2,1-5H3,(H,30,35)/t18-,21+/m0/s1. The van der Waals surface area contributed by atoms with Crippen molar-refractivity contribution in [1.82, 2.24) is 14.9 Å². The van der Waals surface area contributed by atoms with Gasteiger partial charge < -0.3 is 25.4 Å². The summed E-state index contributed by atoms with van der Waals surface area (Å²) in [6, 6.07) is 9.97. The highest BCUT2D eigenvalue weighted by atomic mass is 16.6. The van der Waals surface area contributed by atoms with Gasteiger partial charge in [-0.15, -0.1) is 0 Å². The van der Waals surface area contributed by atoms with Crippen LogP contribution >= 0.6 is 0 Å². The van der Waals surface area contributed by atoms with Gasteiger partial charge >= 0.3 is 6.09 Å². The van der Waals surface area contributed by atoms with Gasteiger partial charge in [-0.1, -0.05) is 30.3 Å². The van der Waals surface area contributed by atoms with Crippen LogP contribution in [-0.2, 0) is 21.9 Å². The predicted octanol–water partition coefficient (Wildman–Crippen LogP) is 3.34. The van der Waals surface area contributed by atoms with E-state index < -0.39 is 11.7 Å². The van der Waals surface area contributed by atoms with Crippen molar-refractivity contribution >= 4 is 17.9 Å². The molecule has 1 aromatic heterocycles. The van der Waals surface area contributed by atoms with Crippen molar-refractivity contribution in [2.75, 3.05) is 30.3 Å². The Morgan fingerprint density at radius 1 is 1.16 bits per heavy atom. The number of nitrogen functional groups attached to an aromatic ring is 1. The van der Waals surface area contributed by atoms with Crippen LogP contribution in [0.2, 0.25) is 0 Å². The van der Waals surface area contributed by atoms with Crippen molar-refractivity contribution < 1.29 is 14.3 Å². The number of piperidine rings is 1. The maximum Gasteiger partial charge on any atom is 0.407 e. The maximum absolute atomic E-state index is 13.6. The van der Waals surface area contributed by atoms with Crippen LogP contribution in [-0.4, -0.2) is 53.1 Å². The van der Waals surface area contributed by atoms with E-state index in [1.165, 1.54) is 0 Å². The number of nitrogens with one attached hydrogen (secondary N) is 1. The zero-order valence-corrected chi connectivity index (χ0v) is 22.5. The van der Waals surface area contributed by atoms with Gasteiger partial charge in [0, 0.05) is 31.0 Å². The molecule has 1 saturated carbocycles. The quantitative estimate of drug-likeness (QED) is 0.650. The SMILES string of the molecule is C[C@@H]1OCC2(CCN(c3nc(N)c(C4(c5ccccc5)CC4)c(=O)n3C)CC2)[C@@H]1NC(=O)OC(C)(C)C. The Kier molecular flexibility index (Phi) is 6.25. The van der Waals surface area contributed by atoms with E-state index in [-0.39, 0.29) is 28.5 Å². The first-order chi connectivity index (χ1) is 17.5. The summed E-state index contributed by atoms with van der Waals surface area (Å²) in [5.74, 6) is 0.913. The Bertz CT molecular complexity index is 1220. The second-order valence-corrected chi connectivity index (χ2v) is 12.0. The van der Waals surface area contributed by atoms with Crippen molar-refractivity contribution in [3.8, 4) is 0 Å². The molecule has 3 heterocycles. The molecule has 3 aliphatic rings. The van der Waals surface area contributed by atoms with Crippen LogP contribution in [0.3, 0.4) is 0 Å². The fourth-order valence-corrected chi connectivity index (χ4v) is 6.20. The smallest absolute Gasteiger partial charge is 0.407 e. The van der Waals surface area contributed by atoms with Crippen LogP contribution in [0.15, 0.2) is 35.1 Å². The lowest BCUT2D eigenvalue weighted by Crippen LogP contribution is -2.55. The van der Waals surface area contributed by atoms with E-state index in [4.69, 9.17) is 20.2 Å². The van der Waals surface area contributed by atoms with E-state index in [1.807, 2.05) is 45.9 Å². The number of carbonyl (C=O) groups excluding carboxylic acids is 1. The maximum atomic E-state index is 13.6. The molecule has 3 fully saturated rings. The summed E-state index contributed by atoms with van der Waals surface area (Å²) >= 11 is 0. The van der Waals surface area contributed by atoms with Gasteiger partial charge in [0.05, 0.1) is 24.3 Å². The van der Waals surface area contributed by atoms with Gasteiger partial charge in [0.2, 0.25) is 5.95 Å². The van der Waals surface area contributed by atoms with Crippen LogP contribution < -0.4 is 21.5 Å². The monoisotopic (exact) mass is 509 g/mol. The van der Waals surface area contributed by atoms with Gasteiger partial charge in [-0.2, -0.15) is 4.98 Å². The molecule has 0 bridgehead atoms. The Morgan fingerprint density at radius 2 is 1.81 bits per heavy atom. The summed E-state index contributed by atoms with van der Waals surface area (Å²) in [5.41, 5.74) is 7.05. The number of ether oxygens (including phenoxy) is 2. The van der Waals surface area contributed by atoms with Gasteiger partial charge in [-0.05, 0) is 58.9 Å². The zero-order chi connectivity index (χ0) is 26.6. The molecule has 9 nitrogen and oxygen atoms in total. The van der Waals surface area contributed by atoms with Crippen molar-refractivity contribution in [3.63, 3.8) is 0 Å². The predicted molar refractivity (Wildman–Crippen MR) is 143 cm³/mol. The van der Waals surface area contributed by atoms with Crippen molar-refractivity contribution in [1.29, 1.82) is 0 Å². The average molecular weight is 510 g/mol. The van der Waals surface area contributed by atoms with Crippen LogP contribution in [0.1, 0.15) is 64.5 Å². The average Bonchev–Trinajstić information content (AvgIpc) is 3.59. The highest BCUT2D eigenvalue weighted by molar-refractivity contribution is 5.68. The lowest BCUT2D eigenvalue weighted by atomic mass is 9.73. The number of aromatic nitrogens is 2. The fourth-order valence-electron chi connectivity index (χ4n) is 6.20. The van der Waals surface area contributed by atoms with Crippen molar-refractivity contribution in [2.24, 2.45) is 12.5 Å². The molecule has 37 heavy (non-hydrogen) atoms. The number of carbonyl (C=O) groups is 1. The van der Waals surface area contributed by atoms with E-state index in [2.05, 4.69) is 22.3 Å². The Labute approximate surface area is 218 Å². The number of hydrogen-bond donors (Lipinski definition) is 2. The summed E-state index contributed by atoms with van der Waals surface area (Å²) in [7, 11) is 1.78. The highest BCUT2D eigenvalue weighted by Gasteiger charge is 2.52. The van der Waals surface area contributed by atoms with E-state index in [9.17, 15) is 9.59 Å². The molecule has 0 radical (unpaired) electrons. The summed E-state index contributed by atoms with van der Waals surface area (Å²) in [6.07, 6.45) is 2.86. The molecule has 1 spiro atoms. The number of alkyl carbamates (subject to hydrolysis) is 1. The van der Waals surface area contributed by atoms with E-state index in [0.717, 1.165) is 31.2 Å². The molecule has 9 heteroatoms. The van der Waals surface area contributed by atoms with E-state index in [1.54, 1.807) is 11.6 Å². The van der Waals surface area contributed by atoms with Crippen LogP contribution in [0.5, 0.6) is 0 Å². The molecular weight excluding hydrogens is 470 g/mol. The summed E-state index contributed by atoms with van der Waals surface area (Å²) in [4.78, 5) is 33.1. The minimum atomic E-state index is -0.564. The molecule has 2 saturated heterocycles. The number of anilines is 2. The second kappa shape index (κ2) is 9.04. The molecule has 2 aromatic rings. The second-order valence-electron chi connectivity index (χ2n) is 12.0. The number of benzene rings is 1. The molecule has 200 valence electrons. The van der Waals surface area contributed by atoms with Crippen LogP contribution in [0.4, 0.5) is 16.6 Å². The molecule has 5 rings (SSSR count). The highest BCUT2D eigenvalue weighted by Crippen LogP contribution is 2.53. The van der Waals surface area contributed by atoms with Gasteiger partial charge in [0.1, 0.15) is 11.4 Å². The first-order valence-electron chi connectivity index (χ1n) is 13.2. The van der Waals surface area contributed by atoms with Crippen molar-refractivity contribution in [2.45, 2.75) is 76.5 Å². The van der Waals surface area contributed by atoms with Gasteiger partial charge in [-0.25, -0.2) is 4.79 Å². The van der Waals surface area contributed by atoms with Crippen LogP contribution in [0, 0.1) is 5.41 Å². The van der Waals surface area contributed by atoms with E-state index >= 15 is 0 Å².